The van der Waals surface area contributed by atoms with Crippen LogP contribution in [0, 0.1) is 0 Å². The molecule has 1 aromatic carbocycles. The molecule has 7 heteroatoms. The van der Waals surface area contributed by atoms with Gasteiger partial charge in [0.15, 0.2) is 0 Å². The number of methoxy groups -OCH3 is 1. The third-order valence-corrected chi connectivity index (χ3v) is 5.76. The molecule has 5 nitrogen and oxygen atoms in total. The molecular weight excluding hydrogens is 384 g/mol. The molecule has 1 aliphatic rings. The predicted octanol–water partition coefficient (Wildman–Crippen LogP) is 3.82. The first kappa shape index (κ1) is 21.7. The Morgan fingerprint density at radius 3 is 2.59 bits per heavy atom. The van der Waals surface area contributed by atoms with E-state index in [0.717, 1.165) is 29.7 Å². The summed E-state index contributed by atoms with van der Waals surface area (Å²) in [6.07, 6.45) is 2.86. The van der Waals surface area contributed by atoms with Crippen molar-refractivity contribution in [2.75, 3.05) is 33.4 Å². The number of amides is 1. The van der Waals surface area contributed by atoms with Crippen LogP contribution in [-0.4, -0.2) is 50.3 Å². The van der Waals surface area contributed by atoms with Crippen LogP contribution >= 0.6 is 23.7 Å². The number of ether oxygens (including phenoxy) is 2. The van der Waals surface area contributed by atoms with Gasteiger partial charge in [-0.05, 0) is 37.4 Å². The van der Waals surface area contributed by atoms with E-state index in [-0.39, 0.29) is 24.4 Å². The number of hydrogen-bond acceptors (Lipinski definition) is 5. The molecular formula is C20H27ClN2O3S. The molecule has 0 atom stereocenters. The van der Waals surface area contributed by atoms with Crippen LogP contribution in [0.4, 0.5) is 0 Å². The smallest absolute Gasteiger partial charge is 0.267 e. The fourth-order valence-corrected chi connectivity index (χ4v) is 4.22. The molecule has 1 fully saturated rings. The SMILES string of the molecule is COc1cc(-c2ccccc2)sc1C(=O)N1CCC(OCCCN)CC1.Cl. The van der Waals surface area contributed by atoms with E-state index < -0.39 is 0 Å². The zero-order chi connectivity index (χ0) is 18.4. The molecule has 148 valence electrons. The van der Waals surface area contributed by atoms with Gasteiger partial charge < -0.3 is 20.1 Å². The molecule has 0 spiro atoms. The average molecular weight is 411 g/mol. The topological polar surface area (TPSA) is 64.8 Å². The lowest BCUT2D eigenvalue weighted by Gasteiger charge is -2.31. The second kappa shape index (κ2) is 10.7. The van der Waals surface area contributed by atoms with Crippen molar-refractivity contribution in [1.82, 2.24) is 4.90 Å². The number of halogens is 1. The van der Waals surface area contributed by atoms with E-state index in [9.17, 15) is 4.79 Å². The molecule has 1 aromatic heterocycles. The lowest BCUT2D eigenvalue weighted by atomic mass is 10.1. The highest BCUT2D eigenvalue weighted by molar-refractivity contribution is 7.17. The van der Waals surface area contributed by atoms with Gasteiger partial charge in [-0.25, -0.2) is 0 Å². The van der Waals surface area contributed by atoms with Gasteiger partial charge in [0.25, 0.3) is 5.91 Å². The minimum atomic E-state index is 0. The van der Waals surface area contributed by atoms with Crippen LogP contribution in [-0.2, 0) is 4.74 Å². The first-order valence-electron chi connectivity index (χ1n) is 9.07. The van der Waals surface area contributed by atoms with Gasteiger partial charge in [0.2, 0.25) is 0 Å². The number of nitrogens with two attached hydrogens (primary N) is 1. The average Bonchev–Trinajstić information content (AvgIpc) is 3.13. The van der Waals surface area contributed by atoms with E-state index in [1.807, 2.05) is 41.3 Å². The summed E-state index contributed by atoms with van der Waals surface area (Å²) >= 11 is 1.50. The van der Waals surface area contributed by atoms with E-state index in [2.05, 4.69) is 0 Å². The Morgan fingerprint density at radius 1 is 1.26 bits per heavy atom. The fraction of sp³-hybridized carbons (Fsp3) is 0.450. The third kappa shape index (κ3) is 5.45. The molecule has 2 N–H and O–H groups in total. The highest BCUT2D eigenvalue weighted by Crippen LogP contribution is 2.37. The van der Waals surface area contributed by atoms with Crippen LogP contribution in [0.1, 0.15) is 28.9 Å². The zero-order valence-electron chi connectivity index (χ0n) is 15.6. The number of carbonyl (C=O) groups excluding carboxylic acids is 1. The molecule has 2 aromatic rings. The quantitative estimate of drug-likeness (QED) is 0.705. The van der Waals surface area contributed by atoms with Gasteiger partial charge in [-0.2, -0.15) is 0 Å². The number of hydrogen-bond donors (Lipinski definition) is 1. The molecule has 27 heavy (non-hydrogen) atoms. The standard InChI is InChI=1S/C20H26N2O3S.ClH/c1-24-17-14-18(15-6-3-2-4-7-15)26-19(17)20(23)22-11-8-16(9-12-22)25-13-5-10-21;/h2-4,6-7,14,16H,5,8-13,21H2,1H3;1H. The van der Waals surface area contributed by atoms with Crippen molar-refractivity contribution in [2.24, 2.45) is 5.73 Å². The Kier molecular flexibility index (Phi) is 8.57. The Hall–Kier alpha value is -1.60. The Balaban J connectivity index is 0.00000261. The maximum Gasteiger partial charge on any atom is 0.267 e. The summed E-state index contributed by atoms with van der Waals surface area (Å²) in [7, 11) is 1.62. The molecule has 0 unspecified atom stereocenters. The van der Waals surface area contributed by atoms with Gasteiger partial charge in [0.1, 0.15) is 10.6 Å². The van der Waals surface area contributed by atoms with Crippen LogP contribution in [0.15, 0.2) is 36.4 Å². The van der Waals surface area contributed by atoms with Crippen molar-refractivity contribution in [3.8, 4) is 16.2 Å². The number of rotatable bonds is 7. The summed E-state index contributed by atoms with van der Waals surface area (Å²) in [4.78, 5) is 16.6. The first-order chi connectivity index (χ1) is 12.7. The van der Waals surface area contributed by atoms with Crippen LogP contribution in [0.3, 0.4) is 0 Å². The summed E-state index contributed by atoms with van der Waals surface area (Å²) in [6, 6.07) is 12.0. The fourth-order valence-electron chi connectivity index (χ4n) is 3.12. The molecule has 0 saturated carbocycles. The van der Waals surface area contributed by atoms with Crippen LogP contribution in [0.2, 0.25) is 0 Å². The van der Waals surface area contributed by atoms with Crippen molar-refractivity contribution >= 4 is 29.7 Å². The van der Waals surface area contributed by atoms with Gasteiger partial charge in [-0.1, -0.05) is 30.3 Å². The highest BCUT2D eigenvalue weighted by atomic mass is 35.5. The number of nitrogens with zero attached hydrogens (tertiary/aromatic N) is 1. The van der Waals surface area contributed by atoms with E-state index in [0.29, 0.717) is 36.9 Å². The van der Waals surface area contributed by atoms with Crippen LogP contribution in [0.25, 0.3) is 10.4 Å². The van der Waals surface area contributed by atoms with Crippen LogP contribution < -0.4 is 10.5 Å². The molecule has 1 amide bonds. The van der Waals surface area contributed by atoms with Crippen molar-refractivity contribution in [2.45, 2.75) is 25.4 Å². The summed E-state index contributed by atoms with van der Waals surface area (Å²) in [5.74, 6) is 0.703. The van der Waals surface area contributed by atoms with E-state index >= 15 is 0 Å². The second-order valence-corrected chi connectivity index (χ2v) is 7.43. The number of thiophene rings is 1. The second-order valence-electron chi connectivity index (χ2n) is 6.38. The van der Waals surface area contributed by atoms with Crippen LogP contribution in [0.5, 0.6) is 5.75 Å². The predicted molar refractivity (Wildman–Crippen MR) is 112 cm³/mol. The maximum atomic E-state index is 13.0. The summed E-state index contributed by atoms with van der Waals surface area (Å²) in [5.41, 5.74) is 6.60. The number of carbonyl (C=O) groups is 1. The van der Waals surface area contributed by atoms with E-state index in [1.54, 1.807) is 7.11 Å². The Labute approximate surface area is 170 Å². The number of benzene rings is 1. The Bertz CT molecular complexity index is 715. The molecule has 1 saturated heterocycles. The largest absolute Gasteiger partial charge is 0.495 e. The van der Waals surface area contributed by atoms with Gasteiger partial charge >= 0.3 is 0 Å². The molecule has 3 rings (SSSR count). The summed E-state index contributed by atoms with van der Waals surface area (Å²) in [6.45, 7) is 2.79. The number of piperidine rings is 1. The lowest BCUT2D eigenvalue weighted by Crippen LogP contribution is -2.40. The highest BCUT2D eigenvalue weighted by Gasteiger charge is 2.27. The van der Waals surface area contributed by atoms with Gasteiger partial charge in [0.05, 0.1) is 13.2 Å². The van der Waals surface area contributed by atoms with Crippen molar-refractivity contribution < 1.29 is 14.3 Å². The van der Waals surface area contributed by atoms with Crippen molar-refractivity contribution in [3.63, 3.8) is 0 Å². The van der Waals surface area contributed by atoms with Gasteiger partial charge in [-0.15, -0.1) is 23.7 Å². The Morgan fingerprint density at radius 2 is 1.96 bits per heavy atom. The molecule has 0 bridgehead atoms. The molecule has 0 aliphatic carbocycles. The zero-order valence-corrected chi connectivity index (χ0v) is 17.2. The van der Waals surface area contributed by atoms with Crippen molar-refractivity contribution in [3.05, 3.63) is 41.3 Å². The minimum absolute atomic E-state index is 0. The third-order valence-electron chi connectivity index (χ3n) is 4.60. The van der Waals surface area contributed by atoms with Gasteiger partial charge in [0, 0.05) is 24.6 Å². The molecule has 0 radical (unpaired) electrons. The van der Waals surface area contributed by atoms with E-state index in [4.69, 9.17) is 15.2 Å². The molecule has 2 heterocycles. The normalized spacial score (nSPS) is 14.7. The molecule has 1 aliphatic heterocycles. The lowest BCUT2D eigenvalue weighted by molar-refractivity contribution is 0.00852. The van der Waals surface area contributed by atoms with E-state index in [1.165, 1.54) is 11.3 Å². The number of likely N-dealkylation sites (tertiary alicyclic amines) is 1. The monoisotopic (exact) mass is 410 g/mol. The summed E-state index contributed by atoms with van der Waals surface area (Å²) < 4.78 is 11.3. The minimum Gasteiger partial charge on any atom is -0.495 e. The van der Waals surface area contributed by atoms with Gasteiger partial charge in [-0.3, -0.25) is 4.79 Å². The summed E-state index contributed by atoms with van der Waals surface area (Å²) in [5, 5.41) is 0. The first-order valence-corrected chi connectivity index (χ1v) is 9.88. The maximum absolute atomic E-state index is 13.0. The van der Waals surface area contributed by atoms with Crippen molar-refractivity contribution in [1.29, 1.82) is 0 Å².